The molecule has 0 spiro atoms. The van der Waals surface area contributed by atoms with Crippen LogP contribution in [0.1, 0.15) is 38.2 Å². The normalized spacial score (nSPS) is 19.5. The molecular weight excluding hydrogens is 294 g/mol. The van der Waals surface area contributed by atoms with E-state index < -0.39 is 5.60 Å². The summed E-state index contributed by atoms with van der Waals surface area (Å²) in [5.74, 6) is 0.00326. The summed E-state index contributed by atoms with van der Waals surface area (Å²) in [6, 6.07) is 5.33. The number of ether oxygens (including phenoxy) is 1. The number of ketones is 1. The van der Waals surface area contributed by atoms with Crippen molar-refractivity contribution < 1.29 is 14.3 Å². The predicted molar refractivity (Wildman–Crippen MR) is 87.4 cm³/mol. The molecule has 6 nitrogen and oxygen atoms in total. The molecule has 0 unspecified atom stereocenters. The molecule has 1 aromatic rings. The minimum absolute atomic E-state index is 0.00326. The summed E-state index contributed by atoms with van der Waals surface area (Å²) in [6.45, 7) is 9.74. The Morgan fingerprint density at radius 2 is 2.04 bits per heavy atom. The molecule has 126 valence electrons. The van der Waals surface area contributed by atoms with Gasteiger partial charge >= 0.3 is 6.09 Å². The van der Waals surface area contributed by atoms with E-state index in [9.17, 15) is 9.59 Å². The Balaban J connectivity index is 1.89. The van der Waals surface area contributed by atoms with Crippen molar-refractivity contribution in [3.8, 4) is 0 Å². The summed E-state index contributed by atoms with van der Waals surface area (Å²) >= 11 is 0. The van der Waals surface area contributed by atoms with Crippen molar-refractivity contribution in [3.05, 3.63) is 30.1 Å². The zero-order valence-electron chi connectivity index (χ0n) is 14.3. The van der Waals surface area contributed by atoms with Crippen LogP contribution in [0.25, 0.3) is 0 Å². The largest absolute Gasteiger partial charge is 0.444 e. The van der Waals surface area contributed by atoms with E-state index in [4.69, 9.17) is 4.74 Å². The SMILES string of the molecule is C[C@H]1CN(CC(=O)c2ccccn2)CCN1C(=O)OC(C)(C)C. The van der Waals surface area contributed by atoms with Gasteiger partial charge in [0, 0.05) is 31.9 Å². The Kier molecular flexibility index (Phi) is 5.36. The quantitative estimate of drug-likeness (QED) is 0.799. The maximum absolute atomic E-state index is 12.2. The number of carbonyl (C=O) groups excluding carboxylic acids is 2. The number of Topliss-reactive ketones (excluding diaryl/α,β-unsaturated/α-hetero) is 1. The van der Waals surface area contributed by atoms with Gasteiger partial charge in [-0.05, 0) is 39.8 Å². The van der Waals surface area contributed by atoms with Crippen LogP contribution in [0.4, 0.5) is 4.79 Å². The van der Waals surface area contributed by atoms with Crippen molar-refractivity contribution in [2.24, 2.45) is 0 Å². The molecule has 1 atom stereocenters. The number of pyridine rings is 1. The van der Waals surface area contributed by atoms with Crippen LogP contribution in [0.15, 0.2) is 24.4 Å². The Bertz CT molecular complexity index is 554. The Hall–Kier alpha value is -1.95. The summed E-state index contributed by atoms with van der Waals surface area (Å²) in [5.41, 5.74) is -0.0159. The highest BCUT2D eigenvalue weighted by molar-refractivity contribution is 5.95. The molecule has 1 aromatic heterocycles. The number of nitrogens with zero attached hydrogens (tertiary/aromatic N) is 3. The number of hydrogen-bond donors (Lipinski definition) is 0. The standard InChI is InChI=1S/C17H25N3O3/c1-13-11-19(12-15(21)14-7-5-6-8-18-14)9-10-20(13)16(22)23-17(2,3)4/h5-8,13H,9-12H2,1-4H3/t13-/m0/s1. The third-order valence-electron chi connectivity index (χ3n) is 3.66. The average molecular weight is 319 g/mol. The Labute approximate surface area is 137 Å². The molecule has 0 saturated carbocycles. The molecule has 1 amide bonds. The summed E-state index contributed by atoms with van der Waals surface area (Å²) < 4.78 is 5.42. The zero-order chi connectivity index (χ0) is 17.0. The summed E-state index contributed by atoms with van der Waals surface area (Å²) in [7, 11) is 0. The van der Waals surface area contributed by atoms with E-state index in [0.717, 1.165) is 0 Å². The third kappa shape index (κ3) is 5.03. The van der Waals surface area contributed by atoms with Gasteiger partial charge in [-0.3, -0.25) is 14.7 Å². The van der Waals surface area contributed by atoms with Crippen molar-refractivity contribution >= 4 is 11.9 Å². The fraction of sp³-hybridized carbons (Fsp3) is 0.588. The van der Waals surface area contributed by atoms with E-state index in [-0.39, 0.29) is 17.9 Å². The minimum Gasteiger partial charge on any atom is -0.444 e. The van der Waals surface area contributed by atoms with Gasteiger partial charge in [-0.25, -0.2) is 4.79 Å². The topological polar surface area (TPSA) is 62.7 Å². The van der Waals surface area contributed by atoms with Crippen LogP contribution < -0.4 is 0 Å². The minimum atomic E-state index is -0.497. The lowest BCUT2D eigenvalue weighted by Gasteiger charge is -2.39. The van der Waals surface area contributed by atoms with E-state index in [2.05, 4.69) is 9.88 Å². The molecule has 0 radical (unpaired) electrons. The number of hydrogen-bond acceptors (Lipinski definition) is 5. The average Bonchev–Trinajstić information content (AvgIpc) is 2.46. The fourth-order valence-corrected chi connectivity index (χ4v) is 2.58. The predicted octanol–water partition coefficient (Wildman–Crippen LogP) is 2.21. The summed E-state index contributed by atoms with van der Waals surface area (Å²) in [6.07, 6.45) is 1.33. The van der Waals surface area contributed by atoms with Gasteiger partial charge < -0.3 is 9.64 Å². The highest BCUT2D eigenvalue weighted by Crippen LogP contribution is 2.15. The van der Waals surface area contributed by atoms with Crippen molar-refractivity contribution in [1.29, 1.82) is 0 Å². The van der Waals surface area contributed by atoms with Crippen LogP contribution >= 0.6 is 0 Å². The second-order valence-electron chi connectivity index (χ2n) is 6.90. The molecule has 6 heteroatoms. The first-order valence-electron chi connectivity index (χ1n) is 7.92. The lowest BCUT2D eigenvalue weighted by atomic mass is 10.1. The number of aromatic nitrogens is 1. The second kappa shape index (κ2) is 7.08. The number of piperazine rings is 1. The molecule has 0 N–H and O–H groups in total. The van der Waals surface area contributed by atoms with Crippen LogP contribution in [0.5, 0.6) is 0 Å². The Morgan fingerprint density at radius 1 is 1.30 bits per heavy atom. The van der Waals surface area contributed by atoms with Gasteiger partial charge in [-0.2, -0.15) is 0 Å². The first kappa shape index (κ1) is 17.4. The van der Waals surface area contributed by atoms with Gasteiger partial charge in [-0.15, -0.1) is 0 Å². The molecule has 0 aromatic carbocycles. The van der Waals surface area contributed by atoms with E-state index in [1.807, 2.05) is 33.8 Å². The fourth-order valence-electron chi connectivity index (χ4n) is 2.58. The molecule has 1 aliphatic heterocycles. The van der Waals surface area contributed by atoms with E-state index in [0.29, 0.717) is 31.9 Å². The number of carbonyl (C=O) groups is 2. The summed E-state index contributed by atoms with van der Waals surface area (Å²) in [5, 5.41) is 0. The van der Waals surface area contributed by atoms with Gasteiger partial charge in [0.1, 0.15) is 11.3 Å². The van der Waals surface area contributed by atoms with Crippen LogP contribution in [-0.2, 0) is 4.74 Å². The van der Waals surface area contributed by atoms with Crippen molar-refractivity contribution in [3.63, 3.8) is 0 Å². The van der Waals surface area contributed by atoms with Gasteiger partial charge in [0.2, 0.25) is 0 Å². The lowest BCUT2D eigenvalue weighted by molar-refractivity contribution is 0.00218. The number of amides is 1. The maximum atomic E-state index is 12.2. The van der Waals surface area contributed by atoms with Gasteiger partial charge in [0.25, 0.3) is 0 Å². The summed E-state index contributed by atoms with van der Waals surface area (Å²) in [4.78, 5) is 32.3. The maximum Gasteiger partial charge on any atom is 0.410 e. The molecular formula is C17H25N3O3. The van der Waals surface area contributed by atoms with E-state index in [1.54, 1.807) is 23.2 Å². The Morgan fingerprint density at radius 3 is 2.61 bits per heavy atom. The smallest absolute Gasteiger partial charge is 0.410 e. The molecule has 1 aliphatic rings. The van der Waals surface area contributed by atoms with Gasteiger partial charge in [0.05, 0.1) is 6.54 Å². The third-order valence-corrected chi connectivity index (χ3v) is 3.66. The van der Waals surface area contributed by atoms with E-state index in [1.165, 1.54) is 0 Å². The van der Waals surface area contributed by atoms with Gasteiger partial charge in [0.15, 0.2) is 5.78 Å². The molecule has 2 rings (SSSR count). The molecule has 1 fully saturated rings. The van der Waals surface area contributed by atoms with Crippen LogP contribution in [0, 0.1) is 0 Å². The zero-order valence-corrected chi connectivity index (χ0v) is 14.3. The molecule has 23 heavy (non-hydrogen) atoms. The molecule has 1 saturated heterocycles. The first-order valence-corrected chi connectivity index (χ1v) is 7.92. The molecule has 0 bridgehead atoms. The van der Waals surface area contributed by atoms with Crippen LogP contribution in [-0.4, -0.2) is 64.5 Å². The van der Waals surface area contributed by atoms with E-state index >= 15 is 0 Å². The highest BCUT2D eigenvalue weighted by Gasteiger charge is 2.31. The monoisotopic (exact) mass is 319 g/mol. The lowest BCUT2D eigenvalue weighted by Crippen LogP contribution is -2.55. The van der Waals surface area contributed by atoms with Crippen molar-refractivity contribution in [2.75, 3.05) is 26.2 Å². The molecule has 2 heterocycles. The number of rotatable bonds is 3. The highest BCUT2D eigenvalue weighted by atomic mass is 16.6. The second-order valence-corrected chi connectivity index (χ2v) is 6.90. The van der Waals surface area contributed by atoms with Crippen molar-refractivity contribution in [1.82, 2.24) is 14.8 Å². The van der Waals surface area contributed by atoms with Crippen molar-refractivity contribution in [2.45, 2.75) is 39.3 Å². The molecule has 0 aliphatic carbocycles. The van der Waals surface area contributed by atoms with Gasteiger partial charge in [-0.1, -0.05) is 6.07 Å². The van der Waals surface area contributed by atoms with Crippen LogP contribution in [0.2, 0.25) is 0 Å². The van der Waals surface area contributed by atoms with Crippen LogP contribution in [0.3, 0.4) is 0 Å². The first-order chi connectivity index (χ1) is 10.8.